The predicted octanol–water partition coefficient (Wildman–Crippen LogP) is 2.42. The lowest BCUT2D eigenvalue weighted by molar-refractivity contribution is 0.316. The van der Waals surface area contributed by atoms with Gasteiger partial charge in [-0.2, -0.15) is 5.26 Å². The smallest absolute Gasteiger partial charge is 0.160 e. The highest BCUT2D eigenvalue weighted by molar-refractivity contribution is 5.96. The summed E-state index contributed by atoms with van der Waals surface area (Å²) in [5, 5.41) is 19.8. The summed E-state index contributed by atoms with van der Waals surface area (Å²) in [6, 6.07) is 12.8. The number of fused-ring (bicyclic) bond motifs is 1. The molecule has 6 heteroatoms. The van der Waals surface area contributed by atoms with Gasteiger partial charge in [0.2, 0.25) is 0 Å². The summed E-state index contributed by atoms with van der Waals surface area (Å²) >= 11 is 0. The minimum absolute atomic E-state index is 0.496. The number of anilines is 3. The molecule has 0 atom stereocenters. The SMILES string of the molecule is N#Cc1ccccc1Nc1ccc(N)c2nonc12. The fourth-order valence-electron chi connectivity index (χ4n) is 1.82. The number of aromatic nitrogens is 2. The first-order chi connectivity index (χ1) is 9.29. The van der Waals surface area contributed by atoms with E-state index in [1.54, 1.807) is 24.3 Å². The molecule has 0 unspecified atom stereocenters. The molecule has 0 saturated heterocycles. The van der Waals surface area contributed by atoms with E-state index in [0.717, 1.165) is 0 Å². The Hall–Kier alpha value is -3.07. The summed E-state index contributed by atoms with van der Waals surface area (Å²) in [7, 11) is 0. The maximum atomic E-state index is 9.06. The van der Waals surface area contributed by atoms with Crippen molar-refractivity contribution in [1.82, 2.24) is 10.3 Å². The van der Waals surface area contributed by atoms with Gasteiger partial charge in [0.25, 0.3) is 0 Å². The quantitative estimate of drug-likeness (QED) is 0.678. The minimum Gasteiger partial charge on any atom is -0.397 e. The van der Waals surface area contributed by atoms with Crippen LogP contribution in [0.2, 0.25) is 0 Å². The molecule has 92 valence electrons. The van der Waals surface area contributed by atoms with Gasteiger partial charge in [0.15, 0.2) is 11.0 Å². The van der Waals surface area contributed by atoms with Crippen LogP contribution in [0.1, 0.15) is 5.56 Å². The van der Waals surface area contributed by atoms with Gasteiger partial charge in [-0.1, -0.05) is 12.1 Å². The van der Waals surface area contributed by atoms with Crippen molar-refractivity contribution in [2.24, 2.45) is 0 Å². The van der Waals surface area contributed by atoms with E-state index in [9.17, 15) is 0 Å². The molecule has 0 aliphatic carbocycles. The van der Waals surface area contributed by atoms with Gasteiger partial charge in [-0.3, -0.25) is 0 Å². The van der Waals surface area contributed by atoms with Crippen molar-refractivity contribution in [3.05, 3.63) is 42.0 Å². The molecular formula is C13H9N5O. The van der Waals surface area contributed by atoms with Crippen molar-refractivity contribution in [1.29, 1.82) is 5.26 Å². The average molecular weight is 251 g/mol. The Morgan fingerprint density at radius 1 is 1.05 bits per heavy atom. The van der Waals surface area contributed by atoms with E-state index < -0.39 is 0 Å². The van der Waals surface area contributed by atoms with Crippen LogP contribution in [0.4, 0.5) is 17.1 Å². The topological polar surface area (TPSA) is 101 Å². The highest BCUT2D eigenvalue weighted by Crippen LogP contribution is 2.28. The third kappa shape index (κ3) is 1.83. The van der Waals surface area contributed by atoms with Gasteiger partial charge >= 0.3 is 0 Å². The van der Waals surface area contributed by atoms with Gasteiger partial charge < -0.3 is 11.1 Å². The monoisotopic (exact) mass is 251 g/mol. The summed E-state index contributed by atoms with van der Waals surface area (Å²) < 4.78 is 4.70. The number of nitrogen functional groups attached to an aromatic ring is 1. The van der Waals surface area contributed by atoms with E-state index in [1.165, 1.54) is 0 Å². The molecule has 3 rings (SSSR count). The van der Waals surface area contributed by atoms with Gasteiger partial charge in [0.05, 0.1) is 22.6 Å². The summed E-state index contributed by atoms with van der Waals surface area (Å²) in [6.07, 6.45) is 0. The van der Waals surface area contributed by atoms with Gasteiger partial charge in [0, 0.05) is 0 Å². The van der Waals surface area contributed by atoms with Crippen molar-refractivity contribution in [2.45, 2.75) is 0 Å². The second-order valence-electron chi connectivity index (χ2n) is 3.95. The van der Waals surface area contributed by atoms with Crippen molar-refractivity contribution in [3.63, 3.8) is 0 Å². The largest absolute Gasteiger partial charge is 0.397 e. The lowest BCUT2D eigenvalue weighted by Crippen LogP contribution is -1.96. The Balaban J connectivity index is 2.09. The van der Waals surface area contributed by atoms with Crippen molar-refractivity contribution in [3.8, 4) is 6.07 Å². The van der Waals surface area contributed by atoms with Gasteiger partial charge in [-0.25, -0.2) is 4.63 Å². The molecule has 0 amide bonds. The van der Waals surface area contributed by atoms with Crippen molar-refractivity contribution < 1.29 is 4.63 Å². The van der Waals surface area contributed by atoms with E-state index >= 15 is 0 Å². The number of hydrogen-bond acceptors (Lipinski definition) is 6. The van der Waals surface area contributed by atoms with Crippen LogP contribution in [0.3, 0.4) is 0 Å². The average Bonchev–Trinajstić information content (AvgIpc) is 2.93. The number of nitrogens with zero attached hydrogens (tertiary/aromatic N) is 3. The summed E-state index contributed by atoms with van der Waals surface area (Å²) in [6.45, 7) is 0. The Bertz CT molecular complexity index is 787. The van der Waals surface area contributed by atoms with Crippen LogP contribution in [0.25, 0.3) is 11.0 Å². The Morgan fingerprint density at radius 3 is 2.68 bits per heavy atom. The summed E-state index contributed by atoms with van der Waals surface area (Å²) in [4.78, 5) is 0. The van der Waals surface area contributed by atoms with Gasteiger partial charge in [-0.05, 0) is 34.6 Å². The number of benzene rings is 2. The molecule has 0 radical (unpaired) electrons. The highest BCUT2D eigenvalue weighted by Gasteiger charge is 2.11. The Labute approximate surface area is 108 Å². The molecule has 0 spiro atoms. The number of nitrogens with one attached hydrogen (secondary N) is 1. The van der Waals surface area contributed by atoms with Crippen LogP contribution in [0.15, 0.2) is 41.0 Å². The third-order valence-corrected chi connectivity index (χ3v) is 2.76. The fourth-order valence-corrected chi connectivity index (χ4v) is 1.82. The van der Waals surface area contributed by atoms with E-state index in [0.29, 0.717) is 33.7 Å². The van der Waals surface area contributed by atoms with E-state index in [4.69, 9.17) is 15.6 Å². The second-order valence-corrected chi connectivity index (χ2v) is 3.95. The number of nitriles is 1. The number of para-hydroxylation sites is 1. The zero-order valence-corrected chi connectivity index (χ0v) is 9.79. The normalized spacial score (nSPS) is 10.3. The molecule has 0 saturated carbocycles. The molecule has 0 aliphatic rings. The van der Waals surface area contributed by atoms with Crippen molar-refractivity contribution >= 4 is 28.1 Å². The lowest BCUT2D eigenvalue weighted by Gasteiger charge is -2.08. The van der Waals surface area contributed by atoms with Crippen LogP contribution in [-0.4, -0.2) is 10.3 Å². The fraction of sp³-hybridized carbons (Fsp3) is 0. The summed E-state index contributed by atoms with van der Waals surface area (Å²) in [5.74, 6) is 0. The third-order valence-electron chi connectivity index (χ3n) is 2.76. The first-order valence-corrected chi connectivity index (χ1v) is 5.56. The standard InChI is InChI=1S/C13H9N5O/c14-7-8-3-1-2-4-10(8)16-11-6-5-9(15)12-13(11)18-19-17-12/h1-6,16H,15H2. The molecule has 0 aliphatic heterocycles. The van der Waals surface area contributed by atoms with E-state index in [2.05, 4.69) is 21.7 Å². The molecule has 19 heavy (non-hydrogen) atoms. The van der Waals surface area contributed by atoms with Crippen LogP contribution in [0, 0.1) is 11.3 Å². The molecule has 1 aromatic heterocycles. The Kier molecular flexibility index (Phi) is 2.50. The number of hydrogen-bond donors (Lipinski definition) is 2. The first kappa shape index (κ1) is 11.0. The van der Waals surface area contributed by atoms with Crippen LogP contribution < -0.4 is 11.1 Å². The molecule has 2 aromatic carbocycles. The first-order valence-electron chi connectivity index (χ1n) is 5.56. The van der Waals surface area contributed by atoms with Gasteiger partial charge in [-0.15, -0.1) is 0 Å². The molecule has 3 aromatic rings. The predicted molar refractivity (Wildman–Crippen MR) is 70.7 cm³/mol. The zero-order valence-electron chi connectivity index (χ0n) is 9.79. The maximum absolute atomic E-state index is 9.06. The maximum Gasteiger partial charge on any atom is 0.160 e. The van der Waals surface area contributed by atoms with Crippen molar-refractivity contribution in [2.75, 3.05) is 11.1 Å². The van der Waals surface area contributed by atoms with E-state index in [-0.39, 0.29) is 0 Å². The van der Waals surface area contributed by atoms with Crippen LogP contribution >= 0.6 is 0 Å². The van der Waals surface area contributed by atoms with Gasteiger partial charge in [0.1, 0.15) is 6.07 Å². The van der Waals surface area contributed by atoms with Crippen LogP contribution in [-0.2, 0) is 0 Å². The molecule has 0 fully saturated rings. The highest BCUT2D eigenvalue weighted by atomic mass is 16.6. The number of nitrogens with two attached hydrogens (primary N) is 1. The van der Waals surface area contributed by atoms with Crippen LogP contribution in [0.5, 0.6) is 0 Å². The number of rotatable bonds is 2. The lowest BCUT2D eigenvalue weighted by atomic mass is 10.1. The summed E-state index contributed by atoms with van der Waals surface area (Å²) in [5.41, 5.74) is 9.23. The molecular weight excluding hydrogens is 242 g/mol. The van der Waals surface area contributed by atoms with E-state index in [1.807, 2.05) is 12.1 Å². The molecule has 3 N–H and O–H groups in total. The second kappa shape index (κ2) is 4.31. The molecule has 1 heterocycles. The zero-order chi connectivity index (χ0) is 13.2. The minimum atomic E-state index is 0.496. The molecule has 6 nitrogen and oxygen atoms in total. The Morgan fingerprint density at radius 2 is 1.84 bits per heavy atom. The molecule has 0 bridgehead atoms.